The lowest BCUT2D eigenvalue weighted by Gasteiger charge is -2.41. The zero-order valence-electron chi connectivity index (χ0n) is 54.5. The molecular formula is C66H93N9O16. The predicted octanol–water partition coefficient (Wildman–Crippen LogP) is 6.61. The number of nitrogens with zero attached hydrogens (tertiary/aromatic N) is 5. The Morgan fingerprint density at radius 1 is 0.780 bits per heavy atom. The van der Waals surface area contributed by atoms with Gasteiger partial charge in [-0.05, 0) is 91.3 Å². The van der Waals surface area contributed by atoms with Crippen molar-refractivity contribution in [2.45, 2.75) is 168 Å². The molecule has 3 aromatic rings. The van der Waals surface area contributed by atoms with Crippen LogP contribution in [0.2, 0.25) is 0 Å². The second-order valence-electron chi connectivity index (χ2n) is 24.2. The van der Waals surface area contributed by atoms with E-state index in [2.05, 4.69) is 21.3 Å². The van der Waals surface area contributed by atoms with Gasteiger partial charge in [0.1, 0.15) is 31.0 Å². The number of ether oxygens (including phenoxy) is 4. The second kappa shape index (κ2) is 35.3. The molecule has 0 bridgehead atoms. The molecule has 2 aliphatic heterocycles. The van der Waals surface area contributed by atoms with Crippen LogP contribution in [0.25, 0.3) is 0 Å². The molecule has 1 fully saturated rings. The minimum absolute atomic E-state index is 0.0526. The first-order valence-electron chi connectivity index (χ1n) is 31.2. The van der Waals surface area contributed by atoms with Crippen LogP contribution in [0, 0.1) is 33.8 Å². The molecule has 91 heavy (non-hydrogen) atoms. The SMILES string of the molecule is CC[C@H](C)[C@@H]([C@@H](CC(=O)N1CCC[C@H]1[C@H](OC)[C@@H](C)C(=O)N[C@H](C)[C@@H](O)c1ccccc1)OC)N(C)C(=O)[C@@H](NC(=O)[C@H](C(C)C)N(C)C(=O)OCc1ccc(OCc2ccc([N+](=O)[O-])cc2)c(NC(=O)CNC(=O)CCCCCN2C(=O)C=CC2=O)c1)C(C)C. The van der Waals surface area contributed by atoms with Crippen LogP contribution in [0.4, 0.5) is 16.2 Å². The van der Waals surface area contributed by atoms with Crippen LogP contribution >= 0.6 is 0 Å². The van der Waals surface area contributed by atoms with Crippen molar-refractivity contribution in [1.29, 1.82) is 0 Å². The van der Waals surface area contributed by atoms with E-state index in [0.717, 1.165) is 9.80 Å². The smallest absolute Gasteiger partial charge is 0.410 e. The number of carbonyl (C=O) groups excluding carboxylic acids is 9. The number of rotatable bonds is 35. The molecule has 0 aromatic heterocycles. The number of aliphatic hydroxyl groups excluding tert-OH is 1. The Kier molecular flexibility index (Phi) is 28.5. The molecule has 0 radical (unpaired) electrons. The molecule has 3 aromatic carbocycles. The van der Waals surface area contributed by atoms with Crippen LogP contribution in [0.1, 0.15) is 130 Å². The number of unbranched alkanes of at least 4 members (excludes halogenated alkanes) is 2. The number of carbonyl (C=O) groups is 9. The normalized spacial score (nSPS) is 16.8. The molecule has 5 N–H and O–H groups in total. The van der Waals surface area contributed by atoms with Gasteiger partial charge < -0.3 is 55.1 Å². The minimum Gasteiger partial charge on any atom is -0.487 e. The van der Waals surface area contributed by atoms with Crippen LogP contribution < -0.4 is 26.0 Å². The summed E-state index contributed by atoms with van der Waals surface area (Å²) in [5, 5.41) is 33.4. The number of imide groups is 1. The van der Waals surface area contributed by atoms with E-state index in [0.29, 0.717) is 61.8 Å². The number of methoxy groups -OCH3 is 2. The second-order valence-corrected chi connectivity index (χ2v) is 24.2. The molecule has 2 heterocycles. The van der Waals surface area contributed by atoms with Crippen molar-refractivity contribution in [2.75, 3.05) is 53.3 Å². The number of likely N-dealkylation sites (N-methyl/N-ethyl adjacent to an activating group) is 2. The van der Waals surface area contributed by atoms with E-state index in [1.165, 1.54) is 74.7 Å². The molecule has 0 unspecified atom stereocenters. The minimum atomic E-state index is -1.13. The molecule has 0 spiro atoms. The van der Waals surface area contributed by atoms with Gasteiger partial charge in [-0.2, -0.15) is 0 Å². The summed E-state index contributed by atoms with van der Waals surface area (Å²) in [6.45, 7) is 14.3. The van der Waals surface area contributed by atoms with Crippen LogP contribution in [-0.2, 0) is 65.8 Å². The lowest BCUT2D eigenvalue weighted by Crippen LogP contribution is -2.60. The number of nitro benzene ring substituents is 1. The molecule has 25 nitrogen and oxygen atoms in total. The van der Waals surface area contributed by atoms with Gasteiger partial charge in [0.2, 0.25) is 35.4 Å². The molecule has 1 saturated heterocycles. The van der Waals surface area contributed by atoms with Crippen LogP contribution in [0.3, 0.4) is 0 Å². The van der Waals surface area contributed by atoms with Crippen molar-refractivity contribution in [3.8, 4) is 5.75 Å². The number of anilines is 1. The lowest BCUT2D eigenvalue weighted by atomic mass is 9.89. The molecule has 10 atom stereocenters. The molecule has 9 amide bonds. The first kappa shape index (κ1) is 73.4. The molecule has 2 aliphatic rings. The van der Waals surface area contributed by atoms with Crippen molar-refractivity contribution >= 4 is 64.7 Å². The van der Waals surface area contributed by atoms with Crippen LogP contribution in [-0.4, -0.2) is 173 Å². The number of amides is 9. The third kappa shape index (κ3) is 20.6. The highest BCUT2D eigenvalue weighted by molar-refractivity contribution is 6.12. The fourth-order valence-corrected chi connectivity index (χ4v) is 11.5. The third-order valence-corrected chi connectivity index (χ3v) is 16.9. The monoisotopic (exact) mass is 1270 g/mol. The maximum Gasteiger partial charge on any atom is 0.410 e. The highest BCUT2D eigenvalue weighted by Crippen LogP contribution is 2.32. The average molecular weight is 1270 g/mol. The Labute approximate surface area is 533 Å². The number of likely N-dealkylation sites (tertiary alicyclic amines) is 1. The number of hydrogen-bond donors (Lipinski definition) is 5. The molecular weight excluding hydrogens is 1170 g/mol. The standard InChI is InChI=1S/C66H93N9O16/c1-13-42(6)60(52(88-11)36-57(80)73-34-20-23-50(73)62(89-12)43(7)63(82)68-44(8)61(81)47-21-16-14-17-22-47)71(9)65(84)58(40(2)3)70-64(83)59(41(4)5)72(10)66(85)91-39-46-27-30-51(90-38-45-25-28-48(29-26-45)75(86)87)49(35-46)69-54(77)37-67-53(76)24-18-15-19-33-74-55(78)31-32-56(74)79/h14,16-17,21-22,25-32,35,40-44,50,52,58-62,81H,13,15,18-20,23-24,33-34,36-39H2,1-12H3,(H,67,76)(H,68,82)(H,69,77)(H,70,83)/t42-,43+,44+,50-,52+,58-,59-,60-,61+,62+/m0/s1. The predicted molar refractivity (Wildman–Crippen MR) is 338 cm³/mol. The fraction of sp³-hybridized carbons (Fsp3) is 0.561. The Morgan fingerprint density at radius 2 is 1.44 bits per heavy atom. The highest BCUT2D eigenvalue weighted by Gasteiger charge is 2.44. The topological polar surface area (TPSA) is 315 Å². The summed E-state index contributed by atoms with van der Waals surface area (Å²) in [5.74, 6) is -5.04. The van der Waals surface area contributed by atoms with Crippen LogP contribution in [0.5, 0.6) is 5.75 Å². The third-order valence-electron chi connectivity index (χ3n) is 16.9. The summed E-state index contributed by atoms with van der Waals surface area (Å²) in [6.07, 6.45) is 2.49. The summed E-state index contributed by atoms with van der Waals surface area (Å²) < 4.78 is 23.8. The molecule has 0 saturated carbocycles. The summed E-state index contributed by atoms with van der Waals surface area (Å²) >= 11 is 0. The number of aliphatic hydroxyl groups is 1. The molecule has 498 valence electrons. The van der Waals surface area contributed by atoms with Crippen molar-refractivity contribution in [3.05, 3.63) is 112 Å². The number of non-ortho nitro benzene ring substituents is 1. The van der Waals surface area contributed by atoms with E-state index in [9.17, 15) is 58.4 Å². The maximum atomic E-state index is 14.8. The first-order valence-corrected chi connectivity index (χ1v) is 31.2. The van der Waals surface area contributed by atoms with Gasteiger partial charge in [0.15, 0.2) is 0 Å². The number of hydrogen-bond acceptors (Lipinski definition) is 16. The number of nitro groups is 1. The van der Waals surface area contributed by atoms with Gasteiger partial charge in [0.05, 0.1) is 65.9 Å². The van der Waals surface area contributed by atoms with Gasteiger partial charge in [0.25, 0.3) is 17.5 Å². The van der Waals surface area contributed by atoms with Gasteiger partial charge >= 0.3 is 6.09 Å². The van der Waals surface area contributed by atoms with Crippen molar-refractivity contribution in [1.82, 2.24) is 35.6 Å². The summed E-state index contributed by atoms with van der Waals surface area (Å²) in [7, 11) is 6.03. The van der Waals surface area contributed by atoms with E-state index in [4.69, 9.17) is 18.9 Å². The average Bonchev–Trinajstić information content (AvgIpc) is 2.15. The number of nitrogens with one attached hydrogen (secondary N) is 4. The highest BCUT2D eigenvalue weighted by atomic mass is 16.6. The Balaban J connectivity index is 1.23. The van der Waals surface area contributed by atoms with Crippen molar-refractivity contribution in [3.63, 3.8) is 0 Å². The van der Waals surface area contributed by atoms with E-state index < -0.39 is 107 Å². The van der Waals surface area contributed by atoms with Gasteiger partial charge in [-0.1, -0.05) is 97.7 Å². The van der Waals surface area contributed by atoms with Gasteiger partial charge in [0, 0.05) is 72.1 Å². The maximum absolute atomic E-state index is 14.8. The summed E-state index contributed by atoms with van der Waals surface area (Å²) in [5.41, 5.74) is 1.67. The Morgan fingerprint density at radius 3 is 2.04 bits per heavy atom. The zero-order chi connectivity index (χ0) is 67.2. The van der Waals surface area contributed by atoms with Gasteiger partial charge in [-0.3, -0.25) is 58.3 Å². The number of benzene rings is 3. The fourth-order valence-electron chi connectivity index (χ4n) is 11.5. The Hall–Kier alpha value is -8.29. The van der Waals surface area contributed by atoms with Crippen LogP contribution in [0.15, 0.2) is 84.9 Å². The van der Waals surface area contributed by atoms with E-state index in [1.54, 1.807) is 71.7 Å². The van der Waals surface area contributed by atoms with Crippen molar-refractivity contribution in [2.24, 2.45) is 23.7 Å². The largest absolute Gasteiger partial charge is 0.487 e. The Bertz CT molecular complexity index is 3000. The zero-order valence-corrected chi connectivity index (χ0v) is 54.5. The van der Waals surface area contributed by atoms with E-state index in [1.807, 2.05) is 32.0 Å². The van der Waals surface area contributed by atoms with Gasteiger partial charge in [-0.25, -0.2) is 4.79 Å². The van der Waals surface area contributed by atoms with Gasteiger partial charge in [-0.15, -0.1) is 0 Å². The quantitative estimate of drug-likeness (QED) is 0.0179. The van der Waals surface area contributed by atoms with E-state index in [-0.39, 0.29) is 79.3 Å². The molecule has 25 heteroatoms. The molecule has 0 aliphatic carbocycles. The van der Waals surface area contributed by atoms with E-state index >= 15 is 0 Å². The molecule has 5 rings (SSSR count). The lowest BCUT2D eigenvalue weighted by molar-refractivity contribution is -0.384. The summed E-state index contributed by atoms with van der Waals surface area (Å²) in [4.78, 5) is 137. The van der Waals surface area contributed by atoms with Crippen molar-refractivity contribution < 1.29 is 72.1 Å². The summed E-state index contributed by atoms with van der Waals surface area (Å²) in [6, 6.07) is 15.5. The first-order chi connectivity index (χ1) is 43.2.